The summed E-state index contributed by atoms with van der Waals surface area (Å²) < 4.78 is 39.4. The number of piperazine rings is 1. The molecule has 2 aliphatic rings. The van der Waals surface area contributed by atoms with Gasteiger partial charge < -0.3 is 15.1 Å². The number of hydrogen-bond acceptors (Lipinski definition) is 3. The molecule has 5 nitrogen and oxygen atoms in total. The fourth-order valence-electron chi connectivity index (χ4n) is 4.02. The van der Waals surface area contributed by atoms with Crippen LogP contribution in [0.2, 0.25) is 5.02 Å². The van der Waals surface area contributed by atoms with Gasteiger partial charge in [-0.2, -0.15) is 0 Å². The van der Waals surface area contributed by atoms with Crippen molar-refractivity contribution < 1.29 is 11.6 Å². The first kappa shape index (κ1) is 15.4. The van der Waals surface area contributed by atoms with Crippen molar-refractivity contribution in [2.75, 3.05) is 51.6 Å². The Morgan fingerprint density at radius 1 is 1.29 bits per heavy atom. The van der Waals surface area contributed by atoms with Crippen LogP contribution in [0.3, 0.4) is 0 Å². The van der Waals surface area contributed by atoms with Gasteiger partial charge in [-0.3, -0.25) is 4.90 Å². The Bertz CT molecular complexity index is 821. The zero-order valence-electron chi connectivity index (χ0n) is 21.9. The van der Waals surface area contributed by atoms with Crippen LogP contribution in [0.5, 0.6) is 0 Å². The summed E-state index contributed by atoms with van der Waals surface area (Å²) in [6.07, 6.45) is 3.58. The maximum Gasteiger partial charge on any atom is 0.317 e. The molecule has 0 bridgehead atoms. The van der Waals surface area contributed by atoms with Gasteiger partial charge in [-0.15, -0.1) is 0 Å². The van der Waals surface area contributed by atoms with Gasteiger partial charge in [-0.05, 0) is 63.1 Å². The van der Waals surface area contributed by atoms with Crippen molar-refractivity contribution in [1.29, 1.82) is 0 Å². The largest absolute Gasteiger partial charge is 0.368 e. The van der Waals surface area contributed by atoms with E-state index in [0.717, 1.165) is 59.9 Å². The van der Waals surface area contributed by atoms with Crippen LogP contribution in [-0.2, 0) is 0 Å². The third-order valence-electron chi connectivity index (χ3n) is 5.87. The predicted octanol–water partition coefficient (Wildman–Crippen LogP) is 3.99. The molecule has 156 valence electrons. The highest BCUT2D eigenvalue weighted by Crippen LogP contribution is 2.30. The van der Waals surface area contributed by atoms with Gasteiger partial charge in [0.05, 0.1) is 10.7 Å². The predicted molar refractivity (Wildman–Crippen MR) is 117 cm³/mol. The van der Waals surface area contributed by atoms with Crippen molar-refractivity contribution in [3.8, 4) is 0 Å². The van der Waals surface area contributed by atoms with Gasteiger partial charge >= 0.3 is 6.03 Å². The number of urea groups is 1. The number of anilines is 1. The summed E-state index contributed by atoms with van der Waals surface area (Å²) in [6.45, 7) is 0.911. The van der Waals surface area contributed by atoms with E-state index in [2.05, 4.69) is 10.2 Å². The van der Waals surface area contributed by atoms with Gasteiger partial charge in [0.25, 0.3) is 0 Å². The Kier molecular flexibility index (Phi) is 5.41. The van der Waals surface area contributed by atoms with E-state index in [0.29, 0.717) is 19.5 Å². The number of nitrogens with one attached hydrogen (secondary N) is 1. The second kappa shape index (κ2) is 9.84. The Morgan fingerprint density at radius 3 is 2.68 bits per heavy atom. The molecular formula is C22H35ClN4O. The molecular weight excluding hydrogens is 372 g/mol. The third kappa shape index (κ3) is 5.54. The van der Waals surface area contributed by atoms with Crippen molar-refractivity contribution in [2.45, 2.75) is 45.1 Å². The minimum atomic E-state index is -2.45. The summed E-state index contributed by atoms with van der Waals surface area (Å²) in [5.41, 5.74) is 2.06. The number of carbonyl (C=O) groups is 1. The number of benzene rings is 1. The molecule has 6 heteroatoms. The maximum atomic E-state index is 12.1. The molecule has 1 saturated heterocycles. The van der Waals surface area contributed by atoms with Crippen LogP contribution in [0.1, 0.15) is 44.5 Å². The molecule has 0 atom stereocenters. The normalized spacial score (nSPS) is 27.1. The van der Waals surface area contributed by atoms with Crippen LogP contribution in [0.15, 0.2) is 18.2 Å². The van der Waals surface area contributed by atoms with E-state index >= 15 is 0 Å². The maximum absolute atomic E-state index is 12.1. The molecule has 1 aliphatic heterocycles. The highest BCUT2D eigenvalue weighted by Gasteiger charge is 2.24. The van der Waals surface area contributed by atoms with Crippen LogP contribution in [0, 0.1) is 12.8 Å². The van der Waals surface area contributed by atoms with Gasteiger partial charge in [0.15, 0.2) is 0 Å². The lowest BCUT2D eigenvalue weighted by molar-refractivity contribution is 0.194. The highest BCUT2D eigenvalue weighted by molar-refractivity contribution is 6.34. The van der Waals surface area contributed by atoms with Crippen molar-refractivity contribution in [3.05, 3.63) is 28.8 Å². The lowest BCUT2D eigenvalue weighted by Gasteiger charge is -2.37. The molecule has 1 heterocycles. The number of amides is 2. The minimum absolute atomic E-state index is 0.0629. The molecule has 0 unspecified atom stereocenters. The smallest absolute Gasteiger partial charge is 0.317 e. The molecule has 1 aliphatic carbocycles. The zero-order chi connectivity index (χ0) is 24.4. The van der Waals surface area contributed by atoms with Gasteiger partial charge in [-0.25, -0.2) is 4.79 Å². The number of carbonyl (C=O) groups excluding carboxylic acids is 1. The quantitative estimate of drug-likeness (QED) is 0.796. The van der Waals surface area contributed by atoms with Crippen LogP contribution >= 0.6 is 11.6 Å². The van der Waals surface area contributed by atoms with Gasteiger partial charge in [0, 0.05) is 53.1 Å². The van der Waals surface area contributed by atoms with Gasteiger partial charge in [-0.1, -0.05) is 23.7 Å². The monoisotopic (exact) mass is 411 g/mol. The average molecular weight is 412 g/mol. The number of aryl methyl sites for hydroxylation is 1. The zero-order valence-corrected chi connectivity index (χ0v) is 17.6. The van der Waals surface area contributed by atoms with Crippen molar-refractivity contribution in [3.63, 3.8) is 0 Å². The van der Waals surface area contributed by atoms with Crippen molar-refractivity contribution in [2.24, 2.45) is 5.92 Å². The summed E-state index contributed by atoms with van der Waals surface area (Å²) in [4.78, 5) is 17.0. The van der Waals surface area contributed by atoms with Crippen molar-refractivity contribution in [1.82, 2.24) is 15.1 Å². The SMILES string of the molecule is [2H]C([2H])([2H])N(C)C(=O)N[C@H]1CC[C@H](CC([2H])([2H])N2CCN(c3cccc(C)c3Cl)CC2)CC1. The van der Waals surface area contributed by atoms with Crippen LogP contribution in [0.4, 0.5) is 10.5 Å². The van der Waals surface area contributed by atoms with E-state index in [1.807, 2.05) is 30.0 Å². The Hall–Kier alpha value is -1.46. The standard InChI is InChI=1S/C22H35ClN4O/c1-17-5-4-6-20(21(17)23)27-15-13-26(14-16-27)12-11-18-7-9-19(10-8-18)24-22(28)25(2)3/h4-6,18-19H,7-16H2,1-3H3,(H,24,28)/t18-,19-/i2D3,12D2. The first-order valence-corrected chi connectivity index (χ1v) is 10.6. The molecule has 3 rings (SSSR count). The van der Waals surface area contributed by atoms with Crippen LogP contribution < -0.4 is 10.2 Å². The topological polar surface area (TPSA) is 38.8 Å². The molecule has 2 fully saturated rings. The second-order valence-electron chi connectivity index (χ2n) is 7.97. The van der Waals surface area contributed by atoms with Crippen LogP contribution in [-0.4, -0.2) is 68.6 Å². The third-order valence-corrected chi connectivity index (χ3v) is 6.37. The molecule has 1 N–H and O–H groups in total. The van der Waals surface area contributed by atoms with E-state index in [-0.39, 0.29) is 12.0 Å². The molecule has 0 aromatic heterocycles. The number of halogens is 1. The van der Waals surface area contributed by atoms with E-state index < -0.39 is 19.5 Å². The van der Waals surface area contributed by atoms with E-state index in [1.165, 1.54) is 7.05 Å². The highest BCUT2D eigenvalue weighted by atomic mass is 35.5. The van der Waals surface area contributed by atoms with E-state index in [1.54, 1.807) is 0 Å². The molecule has 1 aromatic carbocycles. The van der Waals surface area contributed by atoms with E-state index in [4.69, 9.17) is 18.5 Å². The second-order valence-corrected chi connectivity index (χ2v) is 8.35. The molecule has 0 radical (unpaired) electrons. The summed E-state index contributed by atoms with van der Waals surface area (Å²) in [5.74, 6) is 0.248. The summed E-state index contributed by atoms with van der Waals surface area (Å²) >= 11 is 6.48. The summed E-state index contributed by atoms with van der Waals surface area (Å²) in [7, 11) is 1.27. The lowest BCUT2D eigenvalue weighted by Crippen LogP contribution is -2.47. The number of rotatable bonds is 5. The average Bonchev–Trinajstić information content (AvgIpc) is 2.75. The number of nitrogens with zero attached hydrogens (tertiary/aromatic N) is 3. The summed E-state index contributed by atoms with van der Waals surface area (Å²) in [5, 5.41) is 3.57. The molecule has 1 aromatic rings. The van der Waals surface area contributed by atoms with Crippen LogP contribution in [0.25, 0.3) is 0 Å². The minimum Gasteiger partial charge on any atom is -0.368 e. The first-order chi connectivity index (χ1) is 15.4. The molecule has 28 heavy (non-hydrogen) atoms. The molecule has 1 saturated carbocycles. The van der Waals surface area contributed by atoms with E-state index in [9.17, 15) is 4.79 Å². The first-order valence-electron chi connectivity index (χ1n) is 12.7. The Morgan fingerprint density at radius 2 is 2.00 bits per heavy atom. The van der Waals surface area contributed by atoms with Gasteiger partial charge in [0.2, 0.25) is 0 Å². The molecule has 0 spiro atoms. The fourth-order valence-corrected chi connectivity index (χ4v) is 4.27. The number of hydrogen-bond donors (Lipinski definition) is 1. The Balaban J connectivity index is 1.46. The summed E-state index contributed by atoms with van der Waals surface area (Å²) in [6, 6.07) is 5.37. The lowest BCUT2D eigenvalue weighted by atomic mass is 9.84. The molecule has 2 amide bonds. The van der Waals surface area contributed by atoms with Gasteiger partial charge in [0.1, 0.15) is 0 Å². The van der Waals surface area contributed by atoms with Crippen molar-refractivity contribution >= 4 is 23.3 Å². The fraction of sp³-hybridized carbons (Fsp3) is 0.682. The Labute approximate surface area is 182 Å².